The van der Waals surface area contributed by atoms with Crippen LogP contribution in [0.15, 0.2) is 18.3 Å². The van der Waals surface area contributed by atoms with Gasteiger partial charge in [0, 0.05) is 0 Å². The van der Waals surface area contributed by atoms with Crippen molar-refractivity contribution in [3.05, 3.63) is 23.5 Å². The van der Waals surface area contributed by atoms with Crippen molar-refractivity contribution in [1.29, 1.82) is 0 Å². The predicted octanol–water partition coefficient (Wildman–Crippen LogP) is 1.63. The predicted molar refractivity (Wildman–Crippen MR) is 67.2 cm³/mol. The molecule has 6 heteroatoms. The molecule has 0 aromatic carbocycles. The number of hydrogen-bond acceptors (Lipinski definition) is 2. The molecule has 1 saturated heterocycles. The molecule has 17 heavy (non-hydrogen) atoms. The summed E-state index contributed by atoms with van der Waals surface area (Å²) >= 11 is 6.02. The summed E-state index contributed by atoms with van der Waals surface area (Å²) in [5.74, 6) is 0. The fourth-order valence-electron chi connectivity index (χ4n) is 1.86. The zero-order chi connectivity index (χ0) is 12.3. The number of pyridine rings is 1. The normalized spacial score (nSPS) is 17.8. The number of likely N-dealkylation sites (tertiary alicyclic amines) is 1. The van der Waals surface area contributed by atoms with E-state index in [-0.39, 0.29) is 15.8 Å². The molecule has 91 valence electrons. The van der Waals surface area contributed by atoms with Gasteiger partial charge in [-0.2, -0.15) is 0 Å². The van der Waals surface area contributed by atoms with Gasteiger partial charge >= 0.3 is 112 Å². The summed E-state index contributed by atoms with van der Waals surface area (Å²) in [4.78, 5) is 16.3. The Morgan fingerprint density at radius 1 is 1.53 bits per heavy atom. The van der Waals surface area contributed by atoms with Crippen LogP contribution in [0.2, 0.25) is 9.86 Å². The molecule has 0 saturated carbocycles. The van der Waals surface area contributed by atoms with Crippen LogP contribution in [-0.2, 0) is 0 Å². The van der Waals surface area contributed by atoms with Gasteiger partial charge in [0.2, 0.25) is 0 Å². The fourth-order valence-corrected chi connectivity index (χ4v) is 4.79. The number of piperidine rings is 1. The van der Waals surface area contributed by atoms with Crippen LogP contribution >= 0.6 is 11.6 Å². The van der Waals surface area contributed by atoms with Crippen molar-refractivity contribution in [2.24, 2.45) is 0 Å². The first-order valence-corrected chi connectivity index (χ1v) is 7.86. The Morgan fingerprint density at radius 3 is 2.82 bits per heavy atom. The van der Waals surface area contributed by atoms with E-state index in [1.165, 1.54) is 4.90 Å². The van der Waals surface area contributed by atoms with E-state index < -0.39 is 6.09 Å². The van der Waals surface area contributed by atoms with E-state index in [0.29, 0.717) is 22.9 Å². The molecule has 2 heterocycles. The van der Waals surface area contributed by atoms with E-state index in [1.54, 1.807) is 6.20 Å². The Kier molecular flexibility index (Phi) is 4.30. The van der Waals surface area contributed by atoms with Gasteiger partial charge < -0.3 is 0 Å². The molecule has 1 aromatic heterocycles. The topological polar surface area (TPSA) is 53.4 Å². The van der Waals surface area contributed by atoms with E-state index in [9.17, 15) is 4.79 Å². The van der Waals surface area contributed by atoms with Crippen molar-refractivity contribution in [3.8, 4) is 0 Å². The van der Waals surface area contributed by atoms with E-state index >= 15 is 0 Å². The number of rotatable bonds is 2. The molecule has 0 bridgehead atoms. The second-order valence-corrected chi connectivity index (χ2v) is 7.39. The van der Waals surface area contributed by atoms with Crippen LogP contribution < -0.4 is 4.35 Å². The Labute approximate surface area is 112 Å². The summed E-state index contributed by atoms with van der Waals surface area (Å²) in [6.07, 6.45) is 2.77. The molecule has 0 unspecified atom stereocenters. The fraction of sp³-hybridized carbons (Fsp3) is 0.455. The Morgan fingerprint density at radius 2 is 2.24 bits per heavy atom. The zero-order valence-electron chi connectivity index (χ0n) is 9.21. The number of carboxylic acid groups (broad SMARTS) is 1. The molecule has 1 aliphatic rings. The molecule has 0 atom stereocenters. The molecule has 0 spiro atoms. The molecule has 1 aliphatic heterocycles. The third-order valence-corrected chi connectivity index (χ3v) is 6.57. The van der Waals surface area contributed by atoms with Gasteiger partial charge in [0.25, 0.3) is 0 Å². The maximum atomic E-state index is 10.8. The van der Waals surface area contributed by atoms with E-state index in [1.807, 2.05) is 12.1 Å². The first-order chi connectivity index (χ1) is 8.16. The second-order valence-electron chi connectivity index (χ2n) is 3.94. The summed E-state index contributed by atoms with van der Waals surface area (Å²) < 4.78 is 1.75. The van der Waals surface area contributed by atoms with Gasteiger partial charge in [0.1, 0.15) is 0 Å². The minimum atomic E-state index is -0.806. The van der Waals surface area contributed by atoms with Gasteiger partial charge in [-0.25, -0.2) is 0 Å². The van der Waals surface area contributed by atoms with Gasteiger partial charge in [-0.3, -0.25) is 0 Å². The van der Waals surface area contributed by atoms with Gasteiger partial charge in [-0.15, -0.1) is 0 Å². The first-order valence-electron chi connectivity index (χ1n) is 5.46. The summed E-state index contributed by atoms with van der Waals surface area (Å²) in [7, 11) is 0. The van der Waals surface area contributed by atoms with Crippen LogP contribution in [0.3, 0.4) is 0 Å². The van der Waals surface area contributed by atoms with Crippen LogP contribution in [-0.4, -0.2) is 49.9 Å². The Balaban J connectivity index is 1.90. The summed E-state index contributed by atoms with van der Waals surface area (Å²) in [6, 6.07) is 3.93. The monoisotopic (exact) mass is 315 g/mol. The number of halogens is 1. The summed E-state index contributed by atoms with van der Waals surface area (Å²) in [5, 5.41) is 9.47. The molecule has 1 fully saturated rings. The number of carbonyl (C=O) groups is 1. The van der Waals surface area contributed by atoms with Crippen molar-refractivity contribution in [3.63, 3.8) is 0 Å². The first kappa shape index (κ1) is 12.7. The third kappa shape index (κ3) is 3.36. The van der Waals surface area contributed by atoms with Crippen molar-refractivity contribution in [1.82, 2.24) is 9.88 Å². The van der Waals surface area contributed by atoms with Crippen LogP contribution in [0.25, 0.3) is 0 Å². The SMILES string of the molecule is O=C(O)N1CCC([As]c2cccnc2Cl)CC1. The van der Waals surface area contributed by atoms with Crippen molar-refractivity contribution < 1.29 is 9.90 Å². The van der Waals surface area contributed by atoms with Crippen molar-refractivity contribution in [2.45, 2.75) is 17.5 Å². The van der Waals surface area contributed by atoms with Crippen molar-refractivity contribution in [2.75, 3.05) is 13.1 Å². The van der Waals surface area contributed by atoms with Crippen LogP contribution in [0, 0.1) is 0 Å². The van der Waals surface area contributed by atoms with Crippen LogP contribution in [0.5, 0.6) is 0 Å². The van der Waals surface area contributed by atoms with Gasteiger partial charge in [0.05, 0.1) is 0 Å². The quantitative estimate of drug-likeness (QED) is 0.666. The summed E-state index contributed by atoms with van der Waals surface area (Å²) in [6.45, 7) is 1.29. The minimum absolute atomic E-state index is 0.0131. The summed E-state index contributed by atoms with van der Waals surface area (Å²) in [5.41, 5.74) is 0. The average Bonchev–Trinajstić information content (AvgIpc) is 2.33. The number of amides is 1. The maximum absolute atomic E-state index is 10.8. The van der Waals surface area contributed by atoms with E-state index in [0.717, 1.165) is 17.2 Å². The number of aromatic nitrogens is 1. The molecular formula is C11H13AsClN2O2. The number of nitrogens with zero attached hydrogens (tertiary/aromatic N) is 2. The van der Waals surface area contributed by atoms with Crippen LogP contribution in [0.4, 0.5) is 4.79 Å². The Hall–Kier alpha value is -0.732. The van der Waals surface area contributed by atoms with E-state index in [4.69, 9.17) is 16.7 Å². The van der Waals surface area contributed by atoms with Gasteiger partial charge in [0.15, 0.2) is 0 Å². The third-order valence-electron chi connectivity index (χ3n) is 2.80. The van der Waals surface area contributed by atoms with Crippen LogP contribution in [0.1, 0.15) is 12.8 Å². The van der Waals surface area contributed by atoms with Crippen molar-refractivity contribution >= 4 is 37.8 Å². The molecule has 4 nitrogen and oxygen atoms in total. The number of hydrogen-bond donors (Lipinski definition) is 1. The molecule has 1 radical (unpaired) electrons. The molecular weight excluding hydrogens is 303 g/mol. The Bertz CT molecular complexity index is 408. The van der Waals surface area contributed by atoms with Gasteiger partial charge in [-0.05, 0) is 0 Å². The average molecular weight is 316 g/mol. The molecule has 1 aromatic rings. The molecule has 1 amide bonds. The molecule has 1 N–H and O–H groups in total. The molecule has 2 rings (SSSR count). The standard InChI is InChI=1S/C11H13AsClN2O2/c13-10-9(2-1-5-14-10)12-8-3-6-15(7-4-8)11(16)17/h1-2,5,8H,3-4,6-7H2,(H,16,17). The van der Waals surface area contributed by atoms with Gasteiger partial charge in [-0.1, -0.05) is 0 Å². The zero-order valence-corrected chi connectivity index (χ0v) is 11.8. The second kappa shape index (κ2) is 5.74. The van der Waals surface area contributed by atoms with E-state index in [2.05, 4.69) is 4.98 Å². The molecule has 0 aliphatic carbocycles.